The molecule has 1 heterocycles. The average Bonchev–Trinajstić information content (AvgIpc) is 2.38. The summed E-state index contributed by atoms with van der Waals surface area (Å²) in [6, 6.07) is 4.14. The van der Waals surface area contributed by atoms with Crippen molar-refractivity contribution in [1.82, 2.24) is 0 Å². The molecule has 0 amide bonds. The Labute approximate surface area is 105 Å². The Hall–Kier alpha value is -1.46. The van der Waals surface area contributed by atoms with Crippen molar-refractivity contribution < 1.29 is 18.7 Å². The van der Waals surface area contributed by atoms with Crippen LogP contribution < -0.4 is 10.5 Å². The van der Waals surface area contributed by atoms with E-state index in [1.807, 2.05) is 0 Å². The number of ether oxygens (including phenoxy) is 2. The molecule has 5 heteroatoms. The molecule has 0 unspecified atom stereocenters. The number of hydrogen-bond acceptors (Lipinski definition) is 4. The molecule has 18 heavy (non-hydrogen) atoms. The standard InChI is InChI=1S/C13H16FNO3/c1-17-11-3-2-9(8-10(11)14)12(16)13(15)4-6-18-7-5-13/h2-3,8H,4-7,15H2,1H3. The van der Waals surface area contributed by atoms with E-state index in [0.717, 1.165) is 0 Å². The smallest absolute Gasteiger partial charge is 0.182 e. The summed E-state index contributed by atoms with van der Waals surface area (Å²) in [5.41, 5.74) is 5.40. The first-order valence-corrected chi connectivity index (χ1v) is 5.82. The van der Waals surface area contributed by atoms with Crippen molar-refractivity contribution in [2.75, 3.05) is 20.3 Å². The predicted molar refractivity (Wildman–Crippen MR) is 64.3 cm³/mol. The molecule has 1 aromatic rings. The summed E-state index contributed by atoms with van der Waals surface area (Å²) in [5.74, 6) is -0.684. The van der Waals surface area contributed by atoms with Crippen LogP contribution in [0.2, 0.25) is 0 Å². The number of hydrogen-bond donors (Lipinski definition) is 1. The number of Topliss-reactive ketones (excluding diaryl/α,β-unsaturated/α-hetero) is 1. The lowest BCUT2D eigenvalue weighted by atomic mass is 9.83. The van der Waals surface area contributed by atoms with E-state index < -0.39 is 11.4 Å². The van der Waals surface area contributed by atoms with Gasteiger partial charge in [0, 0.05) is 18.8 Å². The number of benzene rings is 1. The monoisotopic (exact) mass is 253 g/mol. The van der Waals surface area contributed by atoms with Crippen molar-refractivity contribution in [3.8, 4) is 5.75 Å². The van der Waals surface area contributed by atoms with E-state index in [2.05, 4.69) is 0 Å². The van der Waals surface area contributed by atoms with Crippen LogP contribution in [0.15, 0.2) is 18.2 Å². The van der Waals surface area contributed by atoms with Gasteiger partial charge in [-0.15, -0.1) is 0 Å². The van der Waals surface area contributed by atoms with Gasteiger partial charge in [-0.3, -0.25) is 4.79 Å². The Morgan fingerprint density at radius 1 is 1.44 bits per heavy atom. The van der Waals surface area contributed by atoms with E-state index in [4.69, 9.17) is 15.2 Å². The zero-order valence-electron chi connectivity index (χ0n) is 10.2. The van der Waals surface area contributed by atoms with E-state index in [-0.39, 0.29) is 17.1 Å². The Balaban J connectivity index is 2.25. The maximum absolute atomic E-state index is 13.6. The largest absolute Gasteiger partial charge is 0.494 e. The van der Waals surface area contributed by atoms with Crippen LogP contribution >= 0.6 is 0 Å². The van der Waals surface area contributed by atoms with Crippen LogP contribution in [0.5, 0.6) is 5.75 Å². The van der Waals surface area contributed by atoms with E-state index in [1.165, 1.54) is 25.3 Å². The number of methoxy groups -OCH3 is 1. The Morgan fingerprint density at radius 3 is 2.67 bits per heavy atom. The SMILES string of the molecule is COc1ccc(C(=O)C2(N)CCOCC2)cc1F. The third-order valence-electron chi connectivity index (χ3n) is 3.25. The summed E-state index contributed by atoms with van der Waals surface area (Å²) < 4.78 is 23.6. The maximum atomic E-state index is 13.6. The molecule has 1 saturated heterocycles. The molecule has 0 saturated carbocycles. The van der Waals surface area contributed by atoms with Crippen molar-refractivity contribution in [2.45, 2.75) is 18.4 Å². The van der Waals surface area contributed by atoms with Gasteiger partial charge in [0.15, 0.2) is 17.3 Å². The molecule has 4 nitrogen and oxygen atoms in total. The van der Waals surface area contributed by atoms with Crippen LogP contribution in [0.1, 0.15) is 23.2 Å². The molecule has 2 N–H and O–H groups in total. The van der Waals surface area contributed by atoms with Crippen LogP contribution in [0.4, 0.5) is 4.39 Å². The second-order valence-electron chi connectivity index (χ2n) is 4.45. The summed E-state index contributed by atoms with van der Waals surface area (Å²) in [5, 5.41) is 0. The molecule has 1 fully saturated rings. The summed E-state index contributed by atoms with van der Waals surface area (Å²) in [6.45, 7) is 0.918. The fourth-order valence-corrected chi connectivity index (χ4v) is 2.06. The van der Waals surface area contributed by atoms with Crippen molar-refractivity contribution >= 4 is 5.78 Å². The average molecular weight is 253 g/mol. The highest BCUT2D eigenvalue weighted by Gasteiger charge is 2.36. The number of carbonyl (C=O) groups is 1. The van der Waals surface area contributed by atoms with Crippen LogP contribution in [0, 0.1) is 5.82 Å². The molecular formula is C13H16FNO3. The molecule has 1 aromatic carbocycles. The number of rotatable bonds is 3. The quantitative estimate of drug-likeness (QED) is 0.830. The first kappa shape index (κ1) is 13.0. The van der Waals surface area contributed by atoms with Gasteiger partial charge >= 0.3 is 0 Å². The highest BCUT2D eigenvalue weighted by Crippen LogP contribution is 2.25. The minimum Gasteiger partial charge on any atom is -0.494 e. The van der Waals surface area contributed by atoms with Crippen LogP contribution in [-0.4, -0.2) is 31.6 Å². The van der Waals surface area contributed by atoms with Gasteiger partial charge in [0.05, 0.1) is 12.6 Å². The molecule has 0 aromatic heterocycles. The summed E-state index contributed by atoms with van der Waals surface area (Å²) in [4.78, 5) is 12.3. The van der Waals surface area contributed by atoms with Gasteiger partial charge in [-0.1, -0.05) is 0 Å². The normalized spacial score (nSPS) is 18.4. The van der Waals surface area contributed by atoms with E-state index in [0.29, 0.717) is 26.1 Å². The molecule has 1 aliphatic heterocycles. The lowest BCUT2D eigenvalue weighted by Crippen LogP contribution is -2.51. The number of ketones is 1. The van der Waals surface area contributed by atoms with E-state index in [1.54, 1.807) is 0 Å². The summed E-state index contributed by atoms with van der Waals surface area (Å²) >= 11 is 0. The van der Waals surface area contributed by atoms with Crippen LogP contribution in [0.25, 0.3) is 0 Å². The Bertz CT molecular complexity index is 456. The van der Waals surface area contributed by atoms with Crippen molar-refractivity contribution in [3.05, 3.63) is 29.6 Å². The zero-order chi connectivity index (χ0) is 13.2. The second-order valence-corrected chi connectivity index (χ2v) is 4.45. The van der Waals surface area contributed by atoms with Gasteiger partial charge < -0.3 is 15.2 Å². The molecule has 2 rings (SSSR count). The van der Waals surface area contributed by atoms with Gasteiger partial charge in [-0.2, -0.15) is 0 Å². The van der Waals surface area contributed by atoms with Crippen molar-refractivity contribution in [2.24, 2.45) is 5.73 Å². The van der Waals surface area contributed by atoms with Gasteiger partial charge in [0.1, 0.15) is 0 Å². The highest BCUT2D eigenvalue weighted by atomic mass is 19.1. The topological polar surface area (TPSA) is 61.5 Å². The lowest BCUT2D eigenvalue weighted by molar-refractivity contribution is 0.0447. The molecule has 0 aliphatic carbocycles. The third kappa shape index (κ3) is 2.37. The molecule has 0 radical (unpaired) electrons. The molecule has 1 aliphatic rings. The lowest BCUT2D eigenvalue weighted by Gasteiger charge is -2.31. The predicted octanol–water partition coefficient (Wildman–Crippen LogP) is 1.52. The molecular weight excluding hydrogens is 237 g/mol. The van der Waals surface area contributed by atoms with E-state index in [9.17, 15) is 9.18 Å². The van der Waals surface area contributed by atoms with Crippen LogP contribution in [0.3, 0.4) is 0 Å². The zero-order valence-corrected chi connectivity index (χ0v) is 10.2. The third-order valence-corrected chi connectivity index (χ3v) is 3.25. The maximum Gasteiger partial charge on any atom is 0.182 e. The van der Waals surface area contributed by atoms with Gasteiger partial charge in [0.2, 0.25) is 0 Å². The fourth-order valence-electron chi connectivity index (χ4n) is 2.06. The molecule has 0 atom stereocenters. The number of carbonyl (C=O) groups excluding carboxylic acids is 1. The summed E-state index contributed by atoms with van der Waals surface area (Å²) in [7, 11) is 1.38. The first-order valence-electron chi connectivity index (χ1n) is 5.82. The van der Waals surface area contributed by atoms with Crippen LogP contribution in [-0.2, 0) is 4.74 Å². The molecule has 0 bridgehead atoms. The molecule has 98 valence electrons. The second kappa shape index (κ2) is 5.04. The first-order chi connectivity index (χ1) is 8.57. The van der Waals surface area contributed by atoms with Gasteiger partial charge in [-0.05, 0) is 31.0 Å². The fraction of sp³-hybridized carbons (Fsp3) is 0.462. The van der Waals surface area contributed by atoms with E-state index >= 15 is 0 Å². The Morgan fingerprint density at radius 2 is 2.11 bits per heavy atom. The molecule has 0 spiro atoms. The van der Waals surface area contributed by atoms with Crippen molar-refractivity contribution in [3.63, 3.8) is 0 Å². The number of halogens is 1. The van der Waals surface area contributed by atoms with Gasteiger partial charge in [-0.25, -0.2) is 4.39 Å². The highest BCUT2D eigenvalue weighted by molar-refractivity contribution is 6.03. The summed E-state index contributed by atoms with van der Waals surface area (Å²) in [6.07, 6.45) is 0.916. The van der Waals surface area contributed by atoms with Crippen molar-refractivity contribution in [1.29, 1.82) is 0 Å². The number of nitrogens with two attached hydrogens (primary N) is 1. The minimum atomic E-state index is -0.945. The van der Waals surface area contributed by atoms with Gasteiger partial charge in [0.25, 0.3) is 0 Å². The Kier molecular flexibility index (Phi) is 3.63. The minimum absolute atomic E-state index is 0.115.